The Bertz CT molecular complexity index is 341. The van der Waals surface area contributed by atoms with E-state index in [4.69, 9.17) is 0 Å². The van der Waals surface area contributed by atoms with Crippen molar-refractivity contribution in [2.45, 2.75) is 46.5 Å². The third-order valence-electron chi connectivity index (χ3n) is 5.94. The molecule has 3 aliphatic carbocycles. The normalized spacial score (nSPS) is 48.4. The van der Waals surface area contributed by atoms with Crippen LogP contribution in [0.5, 0.6) is 0 Å². The number of carbonyl (C=O) groups is 1. The van der Waals surface area contributed by atoms with Crippen molar-refractivity contribution in [2.75, 3.05) is 0 Å². The van der Waals surface area contributed by atoms with Crippen molar-refractivity contribution in [3.05, 3.63) is 0 Å². The highest BCUT2D eigenvalue weighted by atomic mass is 16.4. The summed E-state index contributed by atoms with van der Waals surface area (Å²) >= 11 is 0. The zero-order chi connectivity index (χ0) is 12.4. The van der Waals surface area contributed by atoms with Crippen molar-refractivity contribution in [3.8, 4) is 0 Å². The van der Waals surface area contributed by atoms with Gasteiger partial charge in [0.15, 0.2) is 0 Å². The quantitative estimate of drug-likeness (QED) is 0.757. The Morgan fingerprint density at radius 3 is 2.41 bits per heavy atom. The summed E-state index contributed by atoms with van der Waals surface area (Å²) in [5, 5.41) is 9.28. The summed E-state index contributed by atoms with van der Waals surface area (Å²) in [5.41, 5.74) is 0.405. The molecule has 0 radical (unpaired) electrons. The molecule has 0 aromatic heterocycles. The highest BCUT2D eigenvalue weighted by Crippen LogP contribution is 2.65. The molecule has 1 N–H and O–H groups in total. The lowest BCUT2D eigenvalue weighted by atomic mass is 9.67. The minimum atomic E-state index is -0.532. The first kappa shape index (κ1) is 11.6. The Labute approximate surface area is 104 Å². The van der Waals surface area contributed by atoms with Crippen LogP contribution in [0.15, 0.2) is 0 Å². The highest BCUT2D eigenvalue weighted by Gasteiger charge is 2.60. The summed E-state index contributed by atoms with van der Waals surface area (Å²) in [4.78, 5) is 11.3. The maximum atomic E-state index is 11.3. The molecule has 0 spiro atoms. The molecule has 0 aromatic rings. The first-order valence-corrected chi connectivity index (χ1v) is 7.12. The zero-order valence-electron chi connectivity index (χ0n) is 11.1. The van der Waals surface area contributed by atoms with Gasteiger partial charge in [-0.15, -0.1) is 0 Å². The lowest BCUT2D eigenvalue weighted by Crippen LogP contribution is -2.34. The van der Waals surface area contributed by atoms with Gasteiger partial charge in [0.2, 0.25) is 0 Å². The Kier molecular flexibility index (Phi) is 2.37. The van der Waals surface area contributed by atoms with E-state index in [1.807, 2.05) is 0 Å². The van der Waals surface area contributed by atoms with Gasteiger partial charge in [0.25, 0.3) is 0 Å². The second kappa shape index (κ2) is 3.49. The van der Waals surface area contributed by atoms with Crippen LogP contribution in [0.25, 0.3) is 0 Å². The fourth-order valence-corrected chi connectivity index (χ4v) is 5.43. The van der Waals surface area contributed by atoms with Crippen LogP contribution in [0.3, 0.4) is 0 Å². The topological polar surface area (TPSA) is 37.3 Å². The SMILES string of the molecule is CC(C)(C)C1CCC2C3CC(CC3C(=O)O)C21. The summed E-state index contributed by atoms with van der Waals surface area (Å²) in [6, 6.07) is 0. The monoisotopic (exact) mass is 236 g/mol. The van der Waals surface area contributed by atoms with Crippen LogP contribution in [0.4, 0.5) is 0 Å². The number of aliphatic carboxylic acids is 1. The average Bonchev–Trinajstić information content (AvgIpc) is 2.86. The van der Waals surface area contributed by atoms with Crippen molar-refractivity contribution in [2.24, 2.45) is 40.9 Å². The molecule has 6 unspecified atom stereocenters. The van der Waals surface area contributed by atoms with Gasteiger partial charge < -0.3 is 5.11 Å². The predicted molar refractivity (Wildman–Crippen MR) is 66.5 cm³/mol. The second-order valence-electron chi connectivity index (χ2n) is 7.63. The fourth-order valence-electron chi connectivity index (χ4n) is 5.43. The van der Waals surface area contributed by atoms with Gasteiger partial charge in [0.1, 0.15) is 0 Å². The summed E-state index contributed by atoms with van der Waals surface area (Å²) in [7, 11) is 0. The highest BCUT2D eigenvalue weighted by molar-refractivity contribution is 5.71. The lowest BCUT2D eigenvalue weighted by Gasteiger charge is -2.38. The molecule has 0 heterocycles. The first-order chi connectivity index (χ1) is 7.89. The summed E-state index contributed by atoms with van der Waals surface area (Å²) < 4.78 is 0. The molecule has 0 amide bonds. The Hall–Kier alpha value is -0.530. The summed E-state index contributed by atoms with van der Waals surface area (Å²) in [6.45, 7) is 7.09. The third kappa shape index (κ3) is 1.56. The second-order valence-corrected chi connectivity index (χ2v) is 7.63. The van der Waals surface area contributed by atoms with Crippen LogP contribution in [-0.2, 0) is 4.79 Å². The van der Waals surface area contributed by atoms with Gasteiger partial charge in [-0.05, 0) is 60.7 Å². The molecule has 0 saturated heterocycles. The van der Waals surface area contributed by atoms with E-state index in [2.05, 4.69) is 20.8 Å². The van der Waals surface area contributed by atoms with Crippen LogP contribution < -0.4 is 0 Å². The minimum absolute atomic E-state index is 0.0139. The molecular weight excluding hydrogens is 212 g/mol. The summed E-state index contributed by atoms with van der Waals surface area (Å²) in [6.07, 6.45) is 4.79. The molecule has 6 atom stereocenters. The maximum absolute atomic E-state index is 11.3. The molecular formula is C15H24O2. The largest absolute Gasteiger partial charge is 0.481 e. The molecule has 0 aromatic carbocycles. The number of carboxylic acid groups (broad SMARTS) is 1. The minimum Gasteiger partial charge on any atom is -0.481 e. The molecule has 96 valence electrons. The fraction of sp³-hybridized carbons (Fsp3) is 0.933. The van der Waals surface area contributed by atoms with Gasteiger partial charge >= 0.3 is 5.97 Å². The van der Waals surface area contributed by atoms with Gasteiger partial charge in [0.05, 0.1) is 5.92 Å². The smallest absolute Gasteiger partial charge is 0.306 e. The van der Waals surface area contributed by atoms with Gasteiger partial charge in [-0.25, -0.2) is 0 Å². The van der Waals surface area contributed by atoms with E-state index < -0.39 is 5.97 Å². The Morgan fingerprint density at radius 1 is 1.12 bits per heavy atom. The summed E-state index contributed by atoms with van der Waals surface area (Å²) in [5.74, 6) is 3.09. The molecule has 2 bridgehead atoms. The van der Waals surface area contributed by atoms with E-state index in [0.29, 0.717) is 11.3 Å². The van der Waals surface area contributed by atoms with Crippen molar-refractivity contribution >= 4 is 5.97 Å². The van der Waals surface area contributed by atoms with Crippen LogP contribution in [0, 0.1) is 40.9 Å². The number of carboxylic acids is 1. The van der Waals surface area contributed by atoms with Crippen molar-refractivity contribution in [1.82, 2.24) is 0 Å². The maximum Gasteiger partial charge on any atom is 0.306 e. The van der Waals surface area contributed by atoms with Gasteiger partial charge in [-0.1, -0.05) is 20.8 Å². The molecule has 2 heteroatoms. The number of hydrogen-bond donors (Lipinski definition) is 1. The van der Waals surface area contributed by atoms with Crippen molar-refractivity contribution in [1.29, 1.82) is 0 Å². The standard InChI is InChI=1S/C15H24O2/c1-15(2,3)12-5-4-9-10-6-8(13(9)12)7-11(10)14(16)17/h8-13H,4-7H2,1-3H3,(H,16,17). The lowest BCUT2D eigenvalue weighted by molar-refractivity contribution is -0.144. The zero-order valence-corrected chi connectivity index (χ0v) is 11.1. The van der Waals surface area contributed by atoms with E-state index in [0.717, 1.165) is 30.1 Å². The molecule has 3 aliphatic rings. The Morgan fingerprint density at radius 2 is 1.82 bits per heavy atom. The van der Waals surface area contributed by atoms with Crippen LogP contribution in [-0.4, -0.2) is 11.1 Å². The molecule has 0 aliphatic heterocycles. The van der Waals surface area contributed by atoms with Crippen LogP contribution >= 0.6 is 0 Å². The Balaban J connectivity index is 1.83. The van der Waals surface area contributed by atoms with E-state index in [1.54, 1.807) is 0 Å². The number of rotatable bonds is 1. The average molecular weight is 236 g/mol. The van der Waals surface area contributed by atoms with E-state index >= 15 is 0 Å². The van der Waals surface area contributed by atoms with Crippen molar-refractivity contribution in [3.63, 3.8) is 0 Å². The molecule has 17 heavy (non-hydrogen) atoms. The molecule has 3 fully saturated rings. The van der Waals surface area contributed by atoms with Crippen molar-refractivity contribution < 1.29 is 9.90 Å². The third-order valence-corrected chi connectivity index (χ3v) is 5.94. The van der Waals surface area contributed by atoms with E-state index in [1.165, 1.54) is 19.3 Å². The molecule has 2 nitrogen and oxygen atoms in total. The van der Waals surface area contributed by atoms with Gasteiger partial charge in [-0.3, -0.25) is 4.79 Å². The van der Waals surface area contributed by atoms with Gasteiger partial charge in [0, 0.05) is 0 Å². The van der Waals surface area contributed by atoms with E-state index in [-0.39, 0.29) is 5.92 Å². The molecule has 3 saturated carbocycles. The number of fused-ring (bicyclic) bond motifs is 5. The van der Waals surface area contributed by atoms with Crippen LogP contribution in [0.1, 0.15) is 46.5 Å². The first-order valence-electron chi connectivity index (χ1n) is 7.12. The van der Waals surface area contributed by atoms with E-state index in [9.17, 15) is 9.90 Å². The van der Waals surface area contributed by atoms with Crippen LogP contribution in [0.2, 0.25) is 0 Å². The number of hydrogen-bond acceptors (Lipinski definition) is 1. The molecule has 3 rings (SSSR count). The predicted octanol–water partition coefficient (Wildman–Crippen LogP) is 3.42. The van der Waals surface area contributed by atoms with Gasteiger partial charge in [-0.2, -0.15) is 0 Å².